The smallest absolute Gasteiger partial charge is 0.330 e. The maximum atomic E-state index is 13.1. The molecule has 0 radical (unpaired) electrons. The Morgan fingerprint density at radius 2 is 1.67 bits per heavy atom. The Labute approximate surface area is 177 Å². The summed E-state index contributed by atoms with van der Waals surface area (Å²) in [5, 5.41) is 0. The third kappa shape index (κ3) is 3.26. The third-order valence-electron chi connectivity index (χ3n) is 7.15. The minimum atomic E-state index is -0.985. The zero-order chi connectivity index (χ0) is 21.7. The number of imide groups is 1. The Balaban J connectivity index is 1.49. The number of hydrogen-bond donors (Lipinski definition) is 0. The van der Waals surface area contributed by atoms with Crippen LogP contribution in [0.1, 0.15) is 54.6 Å². The van der Waals surface area contributed by atoms with E-state index in [0.29, 0.717) is 5.56 Å². The van der Waals surface area contributed by atoms with Gasteiger partial charge in [0, 0.05) is 5.56 Å². The normalized spacial score (nSPS) is 28.2. The van der Waals surface area contributed by atoms with E-state index in [9.17, 15) is 19.2 Å². The van der Waals surface area contributed by atoms with Crippen LogP contribution in [0.2, 0.25) is 0 Å². The zero-order valence-electron chi connectivity index (χ0n) is 18.0. The van der Waals surface area contributed by atoms with Gasteiger partial charge in [0.05, 0.1) is 11.8 Å². The monoisotopic (exact) mass is 411 g/mol. The molecule has 6 heteroatoms. The van der Waals surface area contributed by atoms with Gasteiger partial charge in [0.2, 0.25) is 17.6 Å². The number of carbonyl (C=O) groups is 4. The van der Waals surface area contributed by atoms with Crippen LogP contribution in [-0.2, 0) is 19.1 Å². The van der Waals surface area contributed by atoms with Crippen LogP contribution in [0.5, 0.6) is 0 Å². The van der Waals surface area contributed by atoms with Crippen LogP contribution in [-0.4, -0.2) is 41.1 Å². The van der Waals surface area contributed by atoms with Crippen molar-refractivity contribution in [2.24, 2.45) is 29.6 Å². The molecule has 2 saturated carbocycles. The molecule has 0 aromatic heterocycles. The average Bonchev–Trinajstić information content (AvgIpc) is 3.37. The van der Waals surface area contributed by atoms with Crippen LogP contribution < -0.4 is 0 Å². The second-order valence-corrected chi connectivity index (χ2v) is 9.47. The number of esters is 1. The molecular formula is C24H29NO5. The molecule has 1 aromatic rings. The van der Waals surface area contributed by atoms with Crippen LogP contribution in [0.15, 0.2) is 18.2 Å². The molecule has 2 aliphatic carbocycles. The molecule has 3 aliphatic rings. The van der Waals surface area contributed by atoms with E-state index in [1.54, 1.807) is 19.9 Å². The maximum absolute atomic E-state index is 13.1. The number of nitrogens with zero attached hydrogens (tertiary/aromatic N) is 1. The van der Waals surface area contributed by atoms with Gasteiger partial charge in [0.25, 0.3) is 0 Å². The number of Topliss-reactive ketones (excluding diaryl/α,β-unsaturated/α-hetero) is 1. The van der Waals surface area contributed by atoms with Crippen molar-refractivity contribution in [2.45, 2.75) is 53.0 Å². The van der Waals surface area contributed by atoms with Gasteiger partial charge in [-0.3, -0.25) is 19.3 Å². The van der Waals surface area contributed by atoms with E-state index in [1.165, 1.54) is 0 Å². The van der Waals surface area contributed by atoms with Crippen molar-refractivity contribution in [1.82, 2.24) is 4.90 Å². The molecule has 1 heterocycles. The van der Waals surface area contributed by atoms with E-state index < -0.39 is 18.6 Å². The molecule has 160 valence electrons. The second kappa shape index (κ2) is 7.64. The predicted octanol–water partition coefficient (Wildman–Crippen LogP) is 3.09. The van der Waals surface area contributed by atoms with Crippen LogP contribution >= 0.6 is 0 Å². The first kappa shape index (κ1) is 20.8. The molecule has 4 rings (SSSR count). The zero-order valence-corrected chi connectivity index (χ0v) is 18.0. The minimum absolute atomic E-state index is 0.228. The quantitative estimate of drug-likeness (QED) is 0.408. The number of carbonyl (C=O) groups excluding carboxylic acids is 4. The average molecular weight is 411 g/mol. The summed E-state index contributed by atoms with van der Waals surface area (Å²) in [4.78, 5) is 52.9. The molecule has 0 spiro atoms. The molecule has 30 heavy (non-hydrogen) atoms. The van der Waals surface area contributed by atoms with Crippen LogP contribution in [0, 0.1) is 43.4 Å². The van der Waals surface area contributed by atoms with Crippen molar-refractivity contribution in [1.29, 1.82) is 0 Å². The Morgan fingerprint density at radius 1 is 1.07 bits per heavy atom. The molecule has 1 saturated heterocycles. The van der Waals surface area contributed by atoms with Crippen molar-refractivity contribution in [2.75, 3.05) is 6.61 Å². The van der Waals surface area contributed by atoms with Gasteiger partial charge in [0.15, 0.2) is 6.61 Å². The highest BCUT2D eigenvalue weighted by Crippen LogP contribution is 2.56. The number of ether oxygens (including phenoxy) is 1. The fraction of sp³-hybridized carbons (Fsp3) is 0.583. The highest BCUT2D eigenvalue weighted by molar-refractivity contribution is 6.09. The van der Waals surface area contributed by atoms with E-state index in [1.807, 2.05) is 26.0 Å². The number of aryl methyl sites for hydroxylation is 2. The summed E-state index contributed by atoms with van der Waals surface area (Å²) in [6.45, 7) is 6.91. The van der Waals surface area contributed by atoms with Gasteiger partial charge in [-0.2, -0.15) is 0 Å². The largest absolute Gasteiger partial charge is 0.456 e. The van der Waals surface area contributed by atoms with E-state index in [2.05, 4.69) is 0 Å². The molecule has 1 aliphatic heterocycles. The summed E-state index contributed by atoms with van der Waals surface area (Å²) in [6, 6.07) is 4.56. The van der Waals surface area contributed by atoms with Crippen molar-refractivity contribution in [3.8, 4) is 0 Å². The number of ketones is 1. The summed E-state index contributed by atoms with van der Waals surface area (Å²) < 4.78 is 5.34. The Kier molecular flexibility index (Phi) is 5.28. The molecule has 1 aromatic carbocycles. The molecule has 3 fully saturated rings. The lowest BCUT2D eigenvalue weighted by atomic mass is 9.81. The van der Waals surface area contributed by atoms with Gasteiger partial charge < -0.3 is 4.74 Å². The first-order chi connectivity index (χ1) is 14.2. The summed E-state index contributed by atoms with van der Waals surface area (Å²) in [7, 11) is 0. The first-order valence-electron chi connectivity index (χ1n) is 10.8. The second-order valence-electron chi connectivity index (χ2n) is 9.47. The summed E-state index contributed by atoms with van der Waals surface area (Å²) in [5.74, 6) is -1.75. The molecule has 0 unspecified atom stereocenters. The highest BCUT2D eigenvalue weighted by Gasteiger charge is 2.62. The summed E-state index contributed by atoms with van der Waals surface area (Å²) in [6.07, 6.45) is 2.92. The van der Waals surface area contributed by atoms with Crippen LogP contribution in [0.3, 0.4) is 0 Å². The van der Waals surface area contributed by atoms with E-state index in [4.69, 9.17) is 4.74 Å². The molecule has 5 atom stereocenters. The summed E-state index contributed by atoms with van der Waals surface area (Å²) >= 11 is 0. The lowest BCUT2D eigenvalue weighted by Gasteiger charge is -2.28. The Bertz CT molecular complexity index is 892. The number of fused-ring (bicyclic) bond motifs is 5. The number of likely N-dealkylation sites (tertiary alicyclic amines) is 1. The summed E-state index contributed by atoms with van der Waals surface area (Å²) in [5.41, 5.74) is 2.28. The van der Waals surface area contributed by atoms with Crippen molar-refractivity contribution in [3.05, 3.63) is 34.9 Å². The number of rotatable bonds is 6. The van der Waals surface area contributed by atoms with Gasteiger partial charge in [-0.15, -0.1) is 0 Å². The van der Waals surface area contributed by atoms with E-state index >= 15 is 0 Å². The van der Waals surface area contributed by atoms with Gasteiger partial charge in [-0.05, 0) is 62.5 Å². The number of amides is 2. The van der Waals surface area contributed by atoms with E-state index in [-0.39, 0.29) is 47.2 Å². The SMILES string of the molecule is Cc1ccc(C)c(C(=O)COC(=O)[C@H](C(C)C)N2C(=O)[C@H]3[C@H]4CC[C@@H](C4)[C@@H]3C2=O)c1. The standard InChI is InChI=1S/C24H29NO5/c1-12(2)21(24(29)30-11-18(26)17-9-13(3)5-6-14(17)4)25-22(27)19-15-7-8-16(10-15)20(19)23(25)28/h5-6,9,12,15-16,19-21H,7-8,10-11H2,1-4H3/t15-,16-,19-,20-,21-/m0/s1. The van der Waals surface area contributed by atoms with Crippen molar-refractivity contribution in [3.63, 3.8) is 0 Å². The molecule has 0 N–H and O–H groups in total. The molecule has 2 amide bonds. The Morgan fingerprint density at radius 3 is 2.23 bits per heavy atom. The van der Waals surface area contributed by atoms with Crippen molar-refractivity contribution < 1.29 is 23.9 Å². The van der Waals surface area contributed by atoms with Gasteiger partial charge in [-0.25, -0.2) is 4.79 Å². The minimum Gasteiger partial charge on any atom is -0.456 e. The van der Waals surface area contributed by atoms with E-state index in [0.717, 1.165) is 35.3 Å². The maximum Gasteiger partial charge on any atom is 0.330 e. The van der Waals surface area contributed by atoms with Gasteiger partial charge in [-0.1, -0.05) is 31.5 Å². The lowest BCUT2D eigenvalue weighted by Crippen LogP contribution is -2.50. The van der Waals surface area contributed by atoms with Crippen molar-refractivity contribution >= 4 is 23.6 Å². The van der Waals surface area contributed by atoms with Crippen LogP contribution in [0.4, 0.5) is 0 Å². The van der Waals surface area contributed by atoms with Gasteiger partial charge in [0.1, 0.15) is 6.04 Å². The molecule has 6 nitrogen and oxygen atoms in total. The van der Waals surface area contributed by atoms with Crippen LogP contribution in [0.25, 0.3) is 0 Å². The number of hydrogen-bond acceptors (Lipinski definition) is 5. The topological polar surface area (TPSA) is 80.8 Å². The lowest BCUT2D eigenvalue weighted by molar-refractivity contribution is -0.160. The number of benzene rings is 1. The first-order valence-corrected chi connectivity index (χ1v) is 10.8. The Hall–Kier alpha value is -2.50. The third-order valence-corrected chi connectivity index (χ3v) is 7.15. The molecule has 2 bridgehead atoms. The fourth-order valence-electron chi connectivity index (χ4n) is 5.72. The fourth-order valence-corrected chi connectivity index (χ4v) is 5.72. The molecular weight excluding hydrogens is 382 g/mol. The predicted molar refractivity (Wildman–Crippen MR) is 109 cm³/mol. The highest BCUT2D eigenvalue weighted by atomic mass is 16.5. The van der Waals surface area contributed by atoms with Gasteiger partial charge >= 0.3 is 5.97 Å².